The van der Waals surface area contributed by atoms with Crippen molar-refractivity contribution in [1.29, 1.82) is 0 Å². The third kappa shape index (κ3) is 3.12. The van der Waals surface area contributed by atoms with Gasteiger partial charge in [0.1, 0.15) is 17.0 Å². The van der Waals surface area contributed by atoms with Crippen molar-refractivity contribution in [2.45, 2.75) is 17.9 Å². The molecule has 108 valence electrons. The van der Waals surface area contributed by atoms with Gasteiger partial charge in [0.05, 0.1) is 11.1 Å². The highest BCUT2D eigenvalue weighted by atomic mass is 35.5. The molecule has 0 radical (unpaired) electrons. The van der Waals surface area contributed by atoms with E-state index in [2.05, 4.69) is 14.9 Å². The molecule has 0 aliphatic carbocycles. The van der Waals surface area contributed by atoms with Gasteiger partial charge in [-0.15, -0.1) is 10.2 Å². The van der Waals surface area contributed by atoms with Crippen molar-refractivity contribution in [1.82, 2.24) is 19.5 Å². The van der Waals surface area contributed by atoms with E-state index in [9.17, 15) is 8.42 Å². The van der Waals surface area contributed by atoms with Crippen LogP contribution in [0.15, 0.2) is 29.4 Å². The van der Waals surface area contributed by atoms with Gasteiger partial charge in [-0.1, -0.05) is 23.2 Å². The highest BCUT2D eigenvalue weighted by Gasteiger charge is 2.23. The van der Waals surface area contributed by atoms with Crippen molar-refractivity contribution >= 4 is 33.2 Å². The summed E-state index contributed by atoms with van der Waals surface area (Å²) in [7, 11) is -2.07. The van der Waals surface area contributed by atoms with Crippen LogP contribution < -0.4 is 4.72 Å². The zero-order chi connectivity index (χ0) is 14.9. The Hall–Kier alpha value is -1.15. The molecule has 0 bridgehead atoms. The highest BCUT2D eigenvalue weighted by molar-refractivity contribution is 7.89. The van der Waals surface area contributed by atoms with E-state index in [1.165, 1.54) is 24.5 Å². The standard InChI is InChI=1S/C11H12Cl2N4O2S/c1-7(11-15-14-6-17(11)2)16-20(18,19)10-5-8(12)3-4-9(10)13/h3-7,16H,1-2H3/t7-/m1/s1. The average Bonchev–Trinajstić information content (AvgIpc) is 2.78. The first-order chi connectivity index (χ1) is 9.31. The Labute approximate surface area is 126 Å². The number of nitrogens with zero attached hydrogens (tertiary/aromatic N) is 3. The molecule has 1 N–H and O–H groups in total. The molecule has 6 nitrogen and oxygen atoms in total. The zero-order valence-electron chi connectivity index (χ0n) is 10.7. The molecular formula is C11H12Cl2N4O2S. The van der Waals surface area contributed by atoms with Gasteiger partial charge in [-0.05, 0) is 25.1 Å². The average molecular weight is 335 g/mol. The molecule has 2 aromatic rings. The Bertz CT molecular complexity index is 730. The van der Waals surface area contributed by atoms with Gasteiger partial charge < -0.3 is 4.57 Å². The Morgan fingerprint density at radius 1 is 1.35 bits per heavy atom. The minimum atomic E-state index is -3.80. The van der Waals surface area contributed by atoms with Crippen LogP contribution in [-0.4, -0.2) is 23.2 Å². The smallest absolute Gasteiger partial charge is 0.242 e. The van der Waals surface area contributed by atoms with Gasteiger partial charge in [0.2, 0.25) is 10.0 Å². The number of rotatable bonds is 4. The van der Waals surface area contributed by atoms with Crippen LogP contribution in [-0.2, 0) is 17.1 Å². The first-order valence-electron chi connectivity index (χ1n) is 5.62. The Balaban J connectivity index is 2.32. The molecule has 0 saturated carbocycles. The van der Waals surface area contributed by atoms with Gasteiger partial charge in [0, 0.05) is 12.1 Å². The molecule has 1 heterocycles. The lowest BCUT2D eigenvalue weighted by Gasteiger charge is -2.14. The summed E-state index contributed by atoms with van der Waals surface area (Å²) in [4.78, 5) is -0.0688. The lowest BCUT2D eigenvalue weighted by molar-refractivity contribution is 0.553. The van der Waals surface area contributed by atoms with E-state index in [1.807, 2.05) is 0 Å². The predicted molar refractivity (Wildman–Crippen MR) is 76.2 cm³/mol. The number of sulfonamides is 1. The molecule has 0 unspecified atom stereocenters. The Morgan fingerprint density at radius 2 is 2.05 bits per heavy atom. The van der Waals surface area contributed by atoms with Crippen molar-refractivity contribution in [3.8, 4) is 0 Å². The quantitative estimate of drug-likeness (QED) is 0.929. The maximum atomic E-state index is 12.3. The zero-order valence-corrected chi connectivity index (χ0v) is 13.0. The second kappa shape index (κ2) is 5.69. The first kappa shape index (κ1) is 15.2. The summed E-state index contributed by atoms with van der Waals surface area (Å²) < 4.78 is 28.7. The van der Waals surface area contributed by atoms with Crippen LogP contribution >= 0.6 is 23.2 Å². The maximum absolute atomic E-state index is 12.3. The Kier molecular flexibility index (Phi) is 4.33. The number of halogens is 2. The minimum Gasteiger partial charge on any atom is -0.319 e. The van der Waals surface area contributed by atoms with Crippen LogP contribution in [0.2, 0.25) is 10.0 Å². The summed E-state index contributed by atoms with van der Waals surface area (Å²) in [5.41, 5.74) is 0. The fourth-order valence-corrected chi connectivity index (χ4v) is 3.68. The van der Waals surface area contributed by atoms with Crippen molar-refractivity contribution in [3.05, 3.63) is 40.4 Å². The van der Waals surface area contributed by atoms with E-state index in [1.54, 1.807) is 18.5 Å². The topological polar surface area (TPSA) is 76.9 Å². The molecule has 0 aliphatic rings. The van der Waals surface area contributed by atoms with E-state index in [0.717, 1.165) is 0 Å². The number of aryl methyl sites for hydroxylation is 1. The highest BCUT2D eigenvalue weighted by Crippen LogP contribution is 2.26. The summed E-state index contributed by atoms with van der Waals surface area (Å²) >= 11 is 11.7. The first-order valence-corrected chi connectivity index (χ1v) is 7.86. The number of hydrogen-bond acceptors (Lipinski definition) is 4. The van der Waals surface area contributed by atoms with Gasteiger partial charge in [-0.3, -0.25) is 0 Å². The van der Waals surface area contributed by atoms with Crippen LogP contribution in [0.1, 0.15) is 18.8 Å². The molecule has 1 atom stereocenters. The van der Waals surface area contributed by atoms with Crippen LogP contribution in [0, 0.1) is 0 Å². The lowest BCUT2D eigenvalue weighted by Crippen LogP contribution is -2.28. The normalized spacial score (nSPS) is 13.4. The summed E-state index contributed by atoms with van der Waals surface area (Å²) in [6, 6.07) is 3.71. The summed E-state index contributed by atoms with van der Waals surface area (Å²) in [6.45, 7) is 1.67. The van der Waals surface area contributed by atoms with Crippen molar-refractivity contribution < 1.29 is 8.42 Å². The molecule has 1 aromatic heterocycles. The van der Waals surface area contributed by atoms with Crippen molar-refractivity contribution in [2.24, 2.45) is 7.05 Å². The molecule has 0 amide bonds. The van der Waals surface area contributed by atoms with Crippen LogP contribution in [0.4, 0.5) is 0 Å². The van der Waals surface area contributed by atoms with Crippen molar-refractivity contribution in [2.75, 3.05) is 0 Å². The number of hydrogen-bond donors (Lipinski definition) is 1. The number of aromatic nitrogens is 3. The summed E-state index contributed by atoms with van der Waals surface area (Å²) in [5.74, 6) is 0.492. The SMILES string of the molecule is C[C@@H](NS(=O)(=O)c1cc(Cl)ccc1Cl)c1nncn1C. The molecule has 9 heteroatoms. The van der Waals surface area contributed by atoms with Crippen LogP contribution in [0.5, 0.6) is 0 Å². The van der Waals surface area contributed by atoms with Gasteiger partial charge in [0.25, 0.3) is 0 Å². The fourth-order valence-electron chi connectivity index (χ4n) is 1.72. The van der Waals surface area contributed by atoms with Crippen LogP contribution in [0.3, 0.4) is 0 Å². The van der Waals surface area contributed by atoms with Gasteiger partial charge in [-0.2, -0.15) is 0 Å². The molecule has 0 fully saturated rings. The van der Waals surface area contributed by atoms with Gasteiger partial charge in [0.15, 0.2) is 0 Å². The van der Waals surface area contributed by atoms with Crippen LogP contribution in [0.25, 0.3) is 0 Å². The summed E-state index contributed by atoms with van der Waals surface area (Å²) in [5, 5.41) is 7.97. The lowest BCUT2D eigenvalue weighted by atomic mass is 10.3. The summed E-state index contributed by atoms with van der Waals surface area (Å²) in [6.07, 6.45) is 1.49. The molecule has 0 aliphatic heterocycles. The van der Waals surface area contributed by atoms with Gasteiger partial charge in [-0.25, -0.2) is 13.1 Å². The van der Waals surface area contributed by atoms with Gasteiger partial charge >= 0.3 is 0 Å². The van der Waals surface area contributed by atoms with E-state index < -0.39 is 16.1 Å². The third-order valence-electron chi connectivity index (χ3n) is 2.65. The molecule has 1 aromatic carbocycles. The maximum Gasteiger partial charge on any atom is 0.242 e. The predicted octanol–water partition coefficient (Wildman–Crippen LogP) is 2.16. The van der Waals surface area contributed by atoms with E-state index in [-0.39, 0.29) is 9.92 Å². The molecule has 20 heavy (non-hydrogen) atoms. The minimum absolute atomic E-state index is 0.0688. The number of benzene rings is 1. The fraction of sp³-hybridized carbons (Fsp3) is 0.273. The molecule has 0 spiro atoms. The second-order valence-electron chi connectivity index (χ2n) is 4.22. The monoisotopic (exact) mass is 334 g/mol. The third-order valence-corrected chi connectivity index (χ3v) is 4.91. The van der Waals surface area contributed by atoms with E-state index >= 15 is 0 Å². The van der Waals surface area contributed by atoms with E-state index in [0.29, 0.717) is 10.8 Å². The van der Waals surface area contributed by atoms with E-state index in [4.69, 9.17) is 23.2 Å². The Morgan fingerprint density at radius 3 is 2.65 bits per heavy atom. The molecular weight excluding hydrogens is 323 g/mol. The largest absolute Gasteiger partial charge is 0.319 e. The second-order valence-corrected chi connectivity index (χ2v) is 6.74. The number of nitrogens with one attached hydrogen (secondary N) is 1. The van der Waals surface area contributed by atoms with Crippen molar-refractivity contribution in [3.63, 3.8) is 0 Å². The molecule has 0 saturated heterocycles. The molecule has 2 rings (SSSR count).